The van der Waals surface area contributed by atoms with Gasteiger partial charge < -0.3 is 10.2 Å². The molecule has 1 aliphatic rings. The topological polar surface area (TPSA) is 49.4 Å². The molecule has 30 heavy (non-hydrogen) atoms. The van der Waals surface area contributed by atoms with Crippen LogP contribution in [0.4, 0.5) is 0 Å². The second-order valence-electron chi connectivity index (χ2n) is 8.23. The third-order valence-electron chi connectivity index (χ3n) is 5.79. The van der Waals surface area contributed by atoms with Crippen molar-refractivity contribution in [1.29, 1.82) is 0 Å². The Balaban J connectivity index is 1.81. The zero-order valence-corrected chi connectivity index (χ0v) is 18.6. The molecule has 0 saturated heterocycles. The highest BCUT2D eigenvalue weighted by Gasteiger charge is 2.30. The van der Waals surface area contributed by atoms with E-state index in [-0.39, 0.29) is 24.3 Å². The predicted molar refractivity (Wildman–Crippen MR) is 121 cm³/mol. The molecule has 3 rings (SSSR count). The van der Waals surface area contributed by atoms with Gasteiger partial charge >= 0.3 is 0 Å². The van der Waals surface area contributed by atoms with Gasteiger partial charge in [0, 0.05) is 17.6 Å². The molecule has 1 N–H and O–H groups in total. The van der Waals surface area contributed by atoms with Crippen molar-refractivity contribution in [1.82, 2.24) is 10.2 Å². The number of carbonyl (C=O) groups excluding carboxylic acids is 2. The minimum Gasteiger partial charge on any atom is -0.352 e. The van der Waals surface area contributed by atoms with Gasteiger partial charge in [0.15, 0.2) is 0 Å². The minimum atomic E-state index is -0.487. The second-order valence-corrected chi connectivity index (χ2v) is 8.66. The van der Waals surface area contributed by atoms with Crippen molar-refractivity contribution in [3.8, 4) is 0 Å². The maximum absolute atomic E-state index is 13.4. The first kappa shape index (κ1) is 22.4. The molecule has 5 heteroatoms. The van der Waals surface area contributed by atoms with Gasteiger partial charge in [-0.05, 0) is 49.4 Å². The molecule has 4 nitrogen and oxygen atoms in total. The van der Waals surface area contributed by atoms with Crippen LogP contribution in [0.15, 0.2) is 48.5 Å². The molecule has 2 amide bonds. The van der Waals surface area contributed by atoms with Crippen LogP contribution in [0.3, 0.4) is 0 Å². The van der Waals surface area contributed by atoms with Gasteiger partial charge in [0.05, 0.1) is 6.42 Å². The van der Waals surface area contributed by atoms with Gasteiger partial charge in [0.1, 0.15) is 6.04 Å². The van der Waals surface area contributed by atoms with Gasteiger partial charge in [-0.1, -0.05) is 73.3 Å². The Morgan fingerprint density at radius 1 is 1.10 bits per heavy atom. The number of nitrogens with zero attached hydrogens (tertiary/aromatic N) is 1. The van der Waals surface area contributed by atoms with Gasteiger partial charge in [-0.3, -0.25) is 9.59 Å². The molecule has 1 fully saturated rings. The molecule has 0 aliphatic heterocycles. The van der Waals surface area contributed by atoms with Crippen LogP contribution in [-0.4, -0.2) is 28.8 Å². The van der Waals surface area contributed by atoms with Crippen LogP contribution in [0, 0.1) is 6.92 Å². The summed E-state index contributed by atoms with van der Waals surface area (Å²) >= 11 is 6.02. The normalized spacial score (nSPS) is 15.0. The van der Waals surface area contributed by atoms with E-state index in [1.165, 1.54) is 0 Å². The average molecular weight is 427 g/mol. The van der Waals surface area contributed by atoms with Crippen molar-refractivity contribution in [2.24, 2.45) is 0 Å². The van der Waals surface area contributed by atoms with Gasteiger partial charge in [-0.25, -0.2) is 0 Å². The number of aryl methyl sites for hydroxylation is 1. The van der Waals surface area contributed by atoms with Crippen LogP contribution in [0.1, 0.15) is 55.7 Å². The summed E-state index contributed by atoms with van der Waals surface area (Å²) < 4.78 is 0. The molecule has 0 bridgehead atoms. The summed E-state index contributed by atoms with van der Waals surface area (Å²) in [6.07, 6.45) is 5.21. The summed E-state index contributed by atoms with van der Waals surface area (Å²) in [6, 6.07) is 15.2. The highest BCUT2D eigenvalue weighted by Crippen LogP contribution is 2.20. The summed E-state index contributed by atoms with van der Waals surface area (Å²) in [5.74, 6) is -0.0834. The fourth-order valence-corrected chi connectivity index (χ4v) is 4.30. The van der Waals surface area contributed by atoms with Crippen molar-refractivity contribution in [2.75, 3.05) is 0 Å². The van der Waals surface area contributed by atoms with Crippen LogP contribution in [-0.2, 0) is 22.6 Å². The van der Waals surface area contributed by atoms with E-state index in [1.807, 2.05) is 62.4 Å². The van der Waals surface area contributed by atoms with Crippen molar-refractivity contribution in [2.45, 2.75) is 71.0 Å². The largest absolute Gasteiger partial charge is 0.352 e. The van der Waals surface area contributed by atoms with Gasteiger partial charge in [-0.2, -0.15) is 0 Å². The van der Waals surface area contributed by atoms with Crippen LogP contribution in [0.2, 0.25) is 5.02 Å². The van der Waals surface area contributed by atoms with Crippen LogP contribution in [0.25, 0.3) is 0 Å². The highest BCUT2D eigenvalue weighted by molar-refractivity contribution is 6.30. The van der Waals surface area contributed by atoms with Gasteiger partial charge in [-0.15, -0.1) is 0 Å². The van der Waals surface area contributed by atoms with E-state index in [0.29, 0.717) is 18.0 Å². The number of hydrogen-bond donors (Lipinski definition) is 1. The SMILES string of the molecule is CCC(C(=O)NC1CCCC1)N(Cc1ccc(Cl)cc1)C(=O)Cc1cccc(C)c1. The first-order valence-electron chi connectivity index (χ1n) is 10.9. The third-order valence-corrected chi connectivity index (χ3v) is 6.04. The Morgan fingerprint density at radius 3 is 2.43 bits per heavy atom. The average Bonchev–Trinajstić information content (AvgIpc) is 3.22. The Kier molecular flexibility index (Phi) is 7.92. The quantitative estimate of drug-likeness (QED) is 0.641. The number of nitrogens with one attached hydrogen (secondary N) is 1. The summed E-state index contributed by atoms with van der Waals surface area (Å²) in [7, 11) is 0. The van der Waals surface area contributed by atoms with E-state index in [4.69, 9.17) is 11.6 Å². The zero-order valence-electron chi connectivity index (χ0n) is 17.9. The number of carbonyl (C=O) groups is 2. The first-order valence-corrected chi connectivity index (χ1v) is 11.2. The number of benzene rings is 2. The Bertz CT molecular complexity index is 860. The number of halogens is 1. The smallest absolute Gasteiger partial charge is 0.243 e. The fourth-order valence-electron chi connectivity index (χ4n) is 4.17. The van der Waals surface area contributed by atoms with E-state index < -0.39 is 6.04 Å². The van der Waals surface area contributed by atoms with Crippen molar-refractivity contribution in [3.05, 3.63) is 70.2 Å². The maximum Gasteiger partial charge on any atom is 0.243 e. The molecule has 160 valence electrons. The van der Waals surface area contributed by atoms with E-state index in [2.05, 4.69) is 5.32 Å². The van der Waals surface area contributed by atoms with E-state index in [0.717, 1.165) is 42.4 Å². The predicted octanol–water partition coefficient (Wildman–Crippen LogP) is 5.06. The number of hydrogen-bond acceptors (Lipinski definition) is 2. The summed E-state index contributed by atoms with van der Waals surface area (Å²) in [5, 5.41) is 3.83. The second kappa shape index (κ2) is 10.6. The lowest BCUT2D eigenvalue weighted by molar-refractivity contribution is -0.141. The Hall–Kier alpha value is -2.33. The van der Waals surface area contributed by atoms with Crippen LogP contribution in [0.5, 0.6) is 0 Å². The number of rotatable bonds is 8. The third kappa shape index (κ3) is 6.09. The van der Waals surface area contributed by atoms with Crippen LogP contribution < -0.4 is 5.32 Å². The summed E-state index contributed by atoms with van der Waals surface area (Å²) in [5.41, 5.74) is 3.05. The lowest BCUT2D eigenvalue weighted by atomic mass is 10.0. The monoisotopic (exact) mass is 426 g/mol. The molecule has 2 aromatic carbocycles. The van der Waals surface area contributed by atoms with Crippen molar-refractivity contribution < 1.29 is 9.59 Å². The van der Waals surface area contributed by atoms with E-state index in [1.54, 1.807) is 4.90 Å². The molecule has 1 aliphatic carbocycles. The number of amides is 2. The fraction of sp³-hybridized carbons (Fsp3) is 0.440. The zero-order chi connectivity index (χ0) is 21.5. The molecule has 0 aromatic heterocycles. The van der Waals surface area contributed by atoms with Crippen molar-refractivity contribution >= 4 is 23.4 Å². The summed E-state index contributed by atoms with van der Waals surface area (Å²) in [4.78, 5) is 28.2. The molecule has 1 saturated carbocycles. The molecule has 1 unspecified atom stereocenters. The molecular formula is C25H31ClN2O2. The molecule has 0 radical (unpaired) electrons. The molecule has 1 atom stereocenters. The molecule has 0 heterocycles. The van der Waals surface area contributed by atoms with Crippen molar-refractivity contribution in [3.63, 3.8) is 0 Å². The van der Waals surface area contributed by atoms with E-state index >= 15 is 0 Å². The summed E-state index contributed by atoms with van der Waals surface area (Å²) in [6.45, 7) is 4.37. The lowest BCUT2D eigenvalue weighted by Crippen LogP contribution is -2.51. The highest BCUT2D eigenvalue weighted by atomic mass is 35.5. The van der Waals surface area contributed by atoms with Crippen LogP contribution >= 0.6 is 11.6 Å². The van der Waals surface area contributed by atoms with Gasteiger partial charge in [0.2, 0.25) is 11.8 Å². The molecular weight excluding hydrogens is 396 g/mol. The Morgan fingerprint density at radius 2 is 1.80 bits per heavy atom. The standard InChI is InChI=1S/C25H31ClN2O2/c1-3-23(25(30)27-22-9-4-5-10-22)28(17-19-11-13-21(26)14-12-19)24(29)16-20-8-6-7-18(2)15-20/h6-8,11-15,22-23H,3-5,9-10,16-17H2,1-2H3,(H,27,30). The Labute approximate surface area is 184 Å². The first-order chi connectivity index (χ1) is 14.5. The van der Waals surface area contributed by atoms with E-state index in [9.17, 15) is 9.59 Å². The lowest BCUT2D eigenvalue weighted by Gasteiger charge is -2.31. The minimum absolute atomic E-state index is 0.0380. The molecule has 2 aromatic rings. The maximum atomic E-state index is 13.4. The molecule has 0 spiro atoms. The van der Waals surface area contributed by atoms with Gasteiger partial charge in [0.25, 0.3) is 0 Å².